The average molecular weight is 471 g/mol. The third-order valence-electron chi connectivity index (χ3n) is 7.35. The Hall–Kier alpha value is -3.75. The minimum atomic E-state index is -0.356. The summed E-state index contributed by atoms with van der Waals surface area (Å²) in [6.45, 7) is 4.01. The molecule has 35 heavy (non-hydrogen) atoms. The highest BCUT2D eigenvalue weighted by atomic mass is 16.2. The second kappa shape index (κ2) is 8.48. The van der Waals surface area contributed by atoms with Gasteiger partial charge in [-0.3, -0.25) is 14.6 Å². The van der Waals surface area contributed by atoms with Crippen LogP contribution in [0.4, 0.5) is 5.69 Å². The van der Waals surface area contributed by atoms with Gasteiger partial charge in [0.25, 0.3) is 0 Å². The zero-order chi connectivity index (χ0) is 24.1. The van der Waals surface area contributed by atoms with Crippen molar-refractivity contribution in [1.29, 1.82) is 0 Å². The average Bonchev–Trinajstić information content (AvgIpc) is 3.75. The summed E-state index contributed by atoms with van der Waals surface area (Å²) in [4.78, 5) is 17.1. The van der Waals surface area contributed by atoms with Crippen LogP contribution in [0.15, 0.2) is 36.7 Å². The number of hydrogen-bond donors (Lipinski definition) is 3. The molecule has 2 saturated carbocycles. The molecular weight excluding hydrogens is 440 g/mol. The number of aryl methyl sites for hydroxylation is 3. The van der Waals surface area contributed by atoms with Crippen molar-refractivity contribution in [3.63, 3.8) is 0 Å². The smallest absolute Gasteiger partial charge is 0.235 e. The van der Waals surface area contributed by atoms with E-state index in [1.165, 1.54) is 25.7 Å². The van der Waals surface area contributed by atoms with Gasteiger partial charge in [0.1, 0.15) is 11.7 Å². The number of rotatable bonds is 8. The van der Waals surface area contributed by atoms with Gasteiger partial charge in [-0.25, -0.2) is 0 Å². The van der Waals surface area contributed by atoms with Crippen molar-refractivity contribution in [2.45, 2.75) is 45.4 Å². The maximum absolute atomic E-state index is 13.8. The van der Waals surface area contributed by atoms with Crippen LogP contribution in [0, 0.1) is 31.6 Å². The zero-order valence-corrected chi connectivity index (χ0v) is 20.2. The Labute approximate surface area is 203 Å². The fourth-order valence-corrected chi connectivity index (χ4v) is 5.38. The number of anilines is 1. The molecule has 3 aromatic heterocycles. The molecule has 3 heterocycles. The molecule has 4 aromatic rings. The summed E-state index contributed by atoms with van der Waals surface area (Å²) in [6.07, 6.45) is 8.39. The molecule has 1 atom stereocenters. The maximum atomic E-state index is 13.8. The van der Waals surface area contributed by atoms with E-state index in [9.17, 15) is 4.79 Å². The van der Waals surface area contributed by atoms with Crippen molar-refractivity contribution in [2.24, 2.45) is 24.8 Å². The Bertz CT molecular complexity index is 1320. The van der Waals surface area contributed by atoms with Crippen LogP contribution in [0.3, 0.4) is 0 Å². The summed E-state index contributed by atoms with van der Waals surface area (Å²) in [5.74, 6) is 2.37. The minimum Gasteiger partial charge on any atom is -0.325 e. The van der Waals surface area contributed by atoms with Gasteiger partial charge in [0.05, 0.1) is 17.5 Å². The Balaban J connectivity index is 1.28. The van der Waals surface area contributed by atoms with Crippen LogP contribution in [0.2, 0.25) is 0 Å². The van der Waals surface area contributed by atoms with Gasteiger partial charge in [0, 0.05) is 30.2 Å². The van der Waals surface area contributed by atoms with Crippen molar-refractivity contribution >= 4 is 11.6 Å². The summed E-state index contributed by atoms with van der Waals surface area (Å²) in [7, 11) is 1.87. The van der Waals surface area contributed by atoms with Crippen molar-refractivity contribution in [2.75, 3.05) is 5.32 Å². The molecular formula is C26H30N8O. The number of hydrogen-bond acceptors (Lipinski definition) is 5. The topological polar surface area (TPSA) is 117 Å². The fourth-order valence-electron chi connectivity index (χ4n) is 5.38. The van der Waals surface area contributed by atoms with E-state index >= 15 is 0 Å². The van der Waals surface area contributed by atoms with Crippen LogP contribution in [-0.4, -0.2) is 41.1 Å². The summed E-state index contributed by atoms with van der Waals surface area (Å²) in [5.41, 5.74) is 5.82. The Morgan fingerprint density at radius 2 is 1.77 bits per heavy atom. The standard InChI is InChI=1S/C26H30N8O/c1-14-21(15(2)31-30-14)16-8-10-20(11-9-16)28-26(35)23(22(17-4-5-17)18-6-7-18)25-29-24(32-33-25)19-12-27-34(3)13-19/h8-13,17-18,22-23H,4-7H2,1-3H3,(H,28,35)(H,30,31)(H,29,32,33). The molecule has 1 amide bonds. The van der Waals surface area contributed by atoms with Crippen molar-refractivity contribution in [3.8, 4) is 22.5 Å². The predicted octanol–water partition coefficient (Wildman–Crippen LogP) is 4.37. The quantitative estimate of drug-likeness (QED) is 0.353. The number of amides is 1. The Morgan fingerprint density at radius 1 is 1.06 bits per heavy atom. The third-order valence-corrected chi connectivity index (χ3v) is 7.35. The highest BCUT2D eigenvalue weighted by molar-refractivity contribution is 5.96. The molecule has 1 aromatic carbocycles. The van der Waals surface area contributed by atoms with Crippen LogP contribution >= 0.6 is 0 Å². The molecule has 9 heteroatoms. The van der Waals surface area contributed by atoms with E-state index in [0.29, 0.717) is 29.4 Å². The molecule has 2 aliphatic carbocycles. The summed E-state index contributed by atoms with van der Waals surface area (Å²) < 4.78 is 1.73. The number of carbonyl (C=O) groups is 1. The van der Waals surface area contributed by atoms with Gasteiger partial charge in [-0.1, -0.05) is 12.1 Å². The monoisotopic (exact) mass is 470 g/mol. The van der Waals surface area contributed by atoms with E-state index in [-0.39, 0.29) is 11.8 Å². The number of H-pyrrole nitrogens is 2. The van der Waals surface area contributed by atoms with Gasteiger partial charge in [0.2, 0.25) is 5.91 Å². The first-order valence-corrected chi connectivity index (χ1v) is 12.3. The highest BCUT2D eigenvalue weighted by Gasteiger charge is 2.49. The van der Waals surface area contributed by atoms with Crippen molar-refractivity contribution in [1.82, 2.24) is 35.2 Å². The van der Waals surface area contributed by atoms with Gasteiger partial charge >= 0.3 is 0 Å². The van der Waals surface area contributed by atoms with Crippen LogP contribution < -0.4 is 5.32 Å². The lowest BCUT2D eigenvalue weighted by Crippen LogP contribution is -2.31. The molecule has 0 spiro atoms. The SMILES string of the molecule is Cc1n[nH]c(C)c1-c1ccc(NC(=O)C(c2nnc(-c3cnn(C)c3)[nH]2)C(C2CC2)C2CC2)cc1. The molecule has 0 saturated heterocycles. The van der Waals surface area contributed by atoms with Crippen LogP contribution in [0.1, 0.15) is 48.8 Å². The maximum Gasteiger partial charge on any atom is 0.235 e. The number of aromatic nitrogens is 7. The molecule has 0 bridgehead atoms. The molecule has 9 nitrogen and oxygen atoms in total. The highest BCUT2D eigenvalue weighted by Crippen LogP contribution is 2.54. The molecule has 2 fully saturated rings. The van der Waals surface area contributed by atoms with E-state index in [2.05, 4.69) is 35.8 Å². The van der Waals surface area contributed by atoms with Crippen molar-refractivity contribution in [3.05, 3.63) is 53.9 Å². The third kappa shape index (κ3) is 4.26. The number of carbonyl (C=O) groups excluding carboxylic acids is 1. The van der Waals surface area contributed by atoms with E-state index in [1.54, 1.807) is 10.9 Å². The lowest BCUT2D eigenvalue weighted by atomic mass is 9.82. The van der Waals surface area contributed by atoms with Crippen molar-refractivity contribution < 1.29 is 4.79 Å². The van der Waals surface area contributed by atoms with E-state index in [4.69, 9.17) is 0 Å². The first kappa shape index (κ1) is 21.8. The van der Waals surface area contributed by atoms with E-state index in [1.807, 2.05) is 51.4 Å². The van der Waals surface area contributed by atoms with Gasteiger partial charge in [0.15, 0.2) is 5.82 Å². The first-order chi connectivity index (χ1) is 17.0. The lowest BCUT2D eigenvalue weighted by molar-refractivity contribution is -0.119. The molecule has 0 radical (unpaired) electrons. The van der Waals surface area contributed by atoms with E-state index < -0.39 is 0 Å². The fraction of sp³-hybridized carbons (Fsp3) is 0.423. The largest absolute Gasteiger partial charge is 0.325 e. The normalized spacial score (nSPS) is 16.6. The summed E-state index contributed by atoms with van der Waals surface area (Å²) >= 11 is 0. The summed E-state index contributed by atoms with van der Waals surface area (Å²) in [5, 5.41) is 23.6. The Morgan fingerprint density at radius 3 is 2.34 bits per heavy atom. The zero-order valence-electron chi connectivity index (χ0n) is 20.2. The minimum absolute atomic E-state index is 0.0221. The van der Waals surface area contributed by atoms with Crippen LogP contribution in [0.5, 0.6) is 0 Å². The molecule has 0 aliphatic heterocycles. The molecule has 2 aliphatic rings. The van der Waals surface area contributed by atoms with Crippen LogP contribution in [-0.2, 0) is 11.8 Å². The van der Waals surface area contributed by atoms with Gasteiger partial charge in [-0.15, -0.1) is 10.2 Å². The number of nitrogens with one attached hydrogen (secondary N) is 3. The lowest BCUT2D eigenvalue weighted by Gasteiger charge is -2.24. The molecule has 180 valence electrons. The number of benzene rings is 1. The summed E-state index contributed by atoms with van der Waals surface area (Å²) in [6, 6.07) is 7.98. The second-order valence-electron chi connectivity index (χ2n) is 10.1. The molecule has 3 N–H and O–H groups in total. The molecule has 1 unspecified atom stereocenters. The van der Waals surface area contributed by atoms with Gasteiger partial charge in [-0.05, 0) is 75.0 Å². The molecule has 6 rings (SSSR count). The predicted molar refractivity (Wildman–Crippen MR) is 132 cm³/mol. The second-order valence-corrected chi connectivity index (χ2v) is 10.1. The first-order valence-electron chi connectivity index (χ1n) is 12.3. The van der Waals surface area contributed by atoms with Crippen LogP contribution in [0.25, 0.3) is 22.5 Å². The number of nitrogens with zero attached hydrogens (tertiary/aromatic N) is 5. The van der Waals surface area contributed by atoms with E-state index in [0.717, 1.165) is 33.8 Å². The Kier molecular flexibility index (Phi) is 5.27. The van der Waals surface area contributed by atoms with Gasteiger partial charge in [-0.2, -0.15) is 10.2 Å². The van der Waals surface area contributed by atoms with Gasteiger partial charge < -0.3 is 10.3 Å². The number of aromatic amines is 2.